The van der Waals surface area contributed by atoms with Gasteiger partial charge in [-0.25, -0.2) is 4.98 Å². The van der Waals surface area contributed by atoms with E-state index in [-0.39, 0.29) is 11.6 Å². The van der Waals surface area contributed by atoms with Crippen molar-refractivity contribution in [2.45, 2.75) is 6.92 Å². The van der Waals surface area contributed by atoms with Crippen LogP contribution in [0, 0.1) is 17.0 Å². The summed E-state index contributed by atoms with van der Waals surface area (Å²) in [6.45, 7) is 1.62. The standard InChI is InChI=1S/C12H11N3O3/c1-8-7-14-12(6-11(8)15(16)17)18-10-4-2-3-9(13)5-10/h2-7H,13H2,1H3. The third-order valence-corrected chi connectivity index (χ3v) is 2.33. The fraction of sp³-hybridized carbons (Fsp3) is 0.0833. The Kier molecular flexibility index (Phi) is 3.09. The van der Waals surface area contributed by atoms with E-state index in [2.05, 4.69) is 4.98 Å². The summed E-state index contributed by atoms with van der Waals surface area (Å²) < 4.78 is 5.41. The number of nitrogens with two attached hydrogens (primary N) is 1. The molecule has 2 N–H and O–H groups in total. The number of pyridine rings is 1. The molecule has 1 aromatic heterocycles. The second-order valence-corrected chi connectivity index (χ2v) is 3.74. The summed E-state index contributed by atoms with van der Waals surface area (Å²) >= 11 is 0. The van der Waals surface area contributed by atoms with Crippen LogP contribution in [0.4, 0.5) is 11.4 Å². The lowest BCUT2D eigenvalue weighted by atomic mass is 10.2. The van der Waals surface area contributed by atoms with E-state index in [0.29, 0.717) is 17.0 Å². The lowest BCUT2D eigenvalue weighted by molar-refractivity contribution is -0.385. The van der Waals surface area contributed by atoms with E-state index in [1.807, 2.05) is 0 Å². The Morgan fingerprint density at radius 1 is 1.39 bits per heavy atom. The lowest BCUT2D eigenvalue weighted by Gasteiger charge is -2.05. The van der Waals surface area contributed by atoms with Gasteiger partial charge in [0.2, 0.25) is 5.88 Å². The van der Waals surface area contributed by atoms with E-state index < -0.39 is 4.92 Å². The van der Waals surface area contributed by atoms with Crippen LogP contribution >= 0.6 is 0 Å². The molecule has 2 rings (SSSR count). The molecular weight excluding hydrogens is 234 g/mol. The van der Waals surface area contributed by atoms with E-state index >= 15 is 0 Å². The SMILES string of the molecule is Cc1cnc(Oc2cccc(N)c2)cc1[N+](=O)[O-]. The second kappa shape index (κ2) is 4.70. The number of rotatable bonds is 3. The van der Waals surface area contributed by atoms with Gasteiger partial charge in [-0.1, -0.05) is 6.07 Å². The van der Waals surface area contributed by atoms with Crippen LogP contribution in [0.15, 0.2) is 36.5 Å². The van der Waals surface area contributed by atoms with Gasteiger partial charge in [0.1, 0.15) is 5.75 Å². The Bertz CT molecular complexity index is 599. The van der Waals surface area contributed by atoms with Gasteiger partial charge < -0.3 is 10.5 Å². The molecule has 0 amide bonds. The summed E-state index contributed by atoms with van der Waals surface area (Å²) in [4.78, 5) is 14.3. The molecule has 0 aliphatic rings. The van der Waals surface area contributed by atoms with Crippen LogP contribution in [0.1, 0.15) is 5.56 Å². The smallest absolute Gasteiger partial charge is 0.279 e. The number of nitro groups is 1. The number of hydrogen-bond donors (Lipinski definition) is 1. The molecule has 0 fully saturated rings. The van der Waals surface area contributed by atoms with Crippen molar-refractivity contribution in [3.05, 3.63) is 52.2 Å². The molecule has 0 saturated heterocycles. The van der Waals surface area contributed by atoms with Crippen molar-refractivity contribution in [3.63, 3.8) is 0 Å². The maximum atomic E-state index is 10.8. The molecule has 0 bridgehead atoms. The zero-order valence-electron chi connectivity index (χ0n) is 9.66. The van der Waals surface area contributed by atoms with Crippen LogP contribution in [0.2, 0.25) is 0 Å². The van der Waals surface area contributed by atoms with E-state index in [9.17, 15) is 10.1 Å². The van der Waals surface area contributed by atoms with Gasteiger partial charge in [0, 0.05) is 23.5 Å². The summed E-state index contributed by atoms with van der Waals surface area (Å²) in [5.74, 6) is 0.651. The lowest BCUT2D eigenvalue weighted by Crippen LogP contribution is -1.95. The van der Waals surface area contributed by atoms with Gasteiger partial charge >= 0.3 is 0 Å². The maximum absolute atomic E-state index is 10.8. The average Bonchev–Trinajstić information content (AvgIpc) is 2.31. The van der Waals surface area contributed by atoms with Crippen molar-refractivity contribution >= 4 is 11.4 Å². The maximum Gasteiger partial charge on any atom is 0.279 e. The van der Waals surface area contributed by atoms with Crippen LogP contribution < -0.4 is 10.5 Å². The molecule has 2 aromatic rings. The first-order valence-corrected chi connectivity index (χ1v) is 5.20. The first kappa shape index (κ1) is 11.8. The third-order valence-electron chi connectivity index (χ3n) is 2.33. The Morgan fingerprint density at radius 3 is 2.83 bits per heavy atom. The fourth-order valence-corrected chi connectivity index (χ4v) is 1.45. The van der Waals surface area contributed by atoms with E-state index in [4.69, 9.17) is 10.5 Å². The highest BCUT2D eigenvalue weighted by atomic mass is 16.6. The number of hydrogen-bond acceptors (Lipinski definition) is 5. The first-order chi connectivity index (χ1) is 8.56. The van der Waals surface area contributed by atoms with Crippen molar-refractivity contribution in [2.75, 3.05) is 5.73 Å². The molecule has 0 atom stereocenters. The molecule has 0 aliphatic carbocycles. The predicted molar refractivity (Wildman–Crippen MR) is 66.6 cm³/mol. The molecule has 18 heavy (non-hydrogen) atoms. The summed E-state index contributed by atoms with van der Waals surface area (Å²) in [7, 11) is 0. The molecule has 6 nitrogen and oxygen atoms in total. The normalized spacial score (nSPS) is 10.1. The topological polar surface area (TPSA) is 91.3 Å². The Morgan fingerprint density at radius 2 is 2.17 bits per heavy atom. The quantitative estimate of drug-likeness (QED) is 0.510. The number of nitrogens with zero attached hydrogens (tertiary/aromatic N) is 2. The minimum atomic E-state index is -0.469. The van der Waals surface area contributed by atoms with Crippen molar-refractivity contribution in [2.24, 2.45) is 0 Å². The molecule has 1 heterocycles. The van der Waals surface area contributed by atoms with E-state index in [1.165, 1.54) is 12.3 Å². The summed E-state index contributed by atoms with van der Waals surface area (Å²) in [5.41, 5.74) is 6.62. The van der Waals surface area contributed by atoms with Crippen molar-refractivity contribution in [3.8, 4) is 11.6 Å². The third kappa shape index (κ3) is 2.54. The zero-order valence-corrected chi connectivity index (χ0v) is 9.66. The van der Waals surface area contributed by atoms with Gasteiger partial charge in [-0.2, -0.15) is 0 Å². The van der Waals surface area contributed by atoms with Crippen LogP contribution in [0.5, 0.6) is 11.6 Å². The predicted octanol–water partition coefficient (Wildman–Crippen LogP) is 2.67. The van der Waals surface area contributed by atoms with Crippen molar-refractivity contribution < 1.29 is 9.66 Å². The van der Waals surface area contributed by atoms with Gasteiger partial charge in [0.15, 0.2) is 0 Å². The molecule has 0 aliphatic heterocycles. The highest BCUT2D eigenvalue weighted by Crippen LogP contribution is 2.26. The molecular formula is C12H11N3O3. The average molecular weight is 245 g/mol. The van der Waals surface area contributed by atoms with Gasteiger partial charge in [-0.3, -0.25) is 10.1 Å². The highest BCUT2D eigenvalue weighted by Gasteiger charge is 2.13. The highest BCUT2D eigenvalue weighted by molar-refractivity contribution is 5.46. The zero-order chi connectivity index (χ0) is 13.1. The molecule has 0 unspecified atom stereocenters. The number of ether oxygens (including phenoxy) is 1. The number of benzene rings is 1. The Hall–Kier alpha value is -2.63. The minimum Gasteiger partial charge on any atom is -0.439 e. The van der Waals surface area contributed by atoms with Gasteiger partial charge in [0.25, 0.3) is 5.69 Å². The number of nitrogen functional groups attached to an aromatic ring is 1. The summed E-state index contributed by atoms with van der Waals surface area (Å²) in [5, 5.41) is 10.8. The second-order valence-electron chi connectivity index (χ2n) is 3.74. The number of anilines is 1. The summed E-state index contributed by atoms with van der Waals surface area (Å²) in [6, 6.07) is 8.06. The molecule has 6 heteroatoms. The number of aryl methyl sites for hydroxylation is 1. The first-order valence-electron chi connectivity index (χ1n) is 5.20. The number of aromatic nitrogens is 1. The van der Waals surface area contributed by atoms with Crippen LogP contribution in [-0.4, -0.2) is 9.91 Å². The molecule has 1 aromatic carbocycles. The molecule has 0 radical (unpaired) electrons. The van der Waals surface area contributed by atoms with Crippen molar-refractivity contribution in [1.29, 1.82) is 0 Å². The van der Waals surface area contributed by atoms with E-state index in [1.54, 1.807) is 31.2 Å². The Labute approximate surface area is 103 Å². The monoisotopic (exact) mass is 245 g/mol. The van der Waals surface area contributed by atoms with E-state index in [0.717, 1.165) is 0 Å². The van der Waals surface area contributed by atoms with Gasteiger partial charge in [-0.15, -0.1) is 0 Å². The minimum absolute atomic E-state index is 0.0242. The molecule has 0 saturated carbocycles. The van der Waals surface area contributed by atoms with Gasteiger partial charge in [-0.05, 0) is 19.1 Å². The van der Waals surface area contributed by atoms with Gasteiger partial charge in [0.05, 0.1) is 11.0 Å². The van der Waals surface area contributed by atoms with Crippen LogP contribution in [-0.2, 0) is 0 Å². The van der Waals surface area contributed by atoms with Crippen molar-refractivity contribution in [1.82, 2.24) is 4.98 Å². The van der Waals surface area contributed by atoms with Crippen LogP contribution in [0.25, 0.3) is 0 Å². The van der Waals surface area contributed by atoms with Crippen LogP contribution in [0.3, 0.4) is 0 Å². The fourth-order valence-electron chi connectivity index (χ4n) is 1.45. The summed E-state index contributed by atoms with van der Waals surface area (Å²) in [6.07, 6.45) is 1.40. The largest absolute Gasteiger partial charge is 0.439 e. The Balaban J connectivity index is 2.30. The molecule has 92 valence electrons. The molecule has 0 spiro atoms.